The molecule has 0 radical (unpaired) electrons. The first-order chi connectivity index (χ1) is 11.8. The van der Waals surface area contributed by atoms with E-state index in [-0.39, 0.29) is 6.04 Å². The molecule has 0 bridgehead atoms. The molecule has 0 saturated carbocycles. The Morgan fingerprint density at radius 1 is 1.28 bits per heavy atom. The van der Waals surface area contributed by atoms with Crippen LogP contribution in [0.3, 0.4) is 0 Å². The molecule has 1 heterocycles. The van der Waals surface area contributed by atoms with E-state index in [1.807, 2.05) is 16.2 Å². The summed E-state index contributed by atoms with van der Waals surface area (Å²) in [6, 6.07) is 7.46. The van der Waals surface area contributed by atoms with Crippen LogP contribution in [0.1, 0.15) is 44.6 Å². The van der Waals surface area contributed by atoms with Gasteiger partial charge in [0, 0.05) is 33.9 Å². The number of fused-ring (bicyclic) bond motifs is 1. The van der Waals surface area contributed by atoms with Gasteiger partial charge < -0.3 is 15.5 Å². The highest BCUT2D eigenvalue weighted by atomic mass is 32.1. The maximum absolute atomic E-state index is 5.96. The fraction of sp³-hybridized carbons (Fsp3) is 0.550. The van der Waals surface area contributed by atoms with Crippen molar-refractivity contribution in [2.75, 3.05) is 18.5 Å². The molecule has 25 heavy (non-hydrogen) atoms. The lowest BCUT2D eigenvalue weighted by atomic mass is 10.1. The van der Waals surface area contributed by atoms with Gasteiger partial charge in [0.05, 0.1) is 0 Å². The Morgan fingerprint density at radius 3 is 2.52 bits per heavy atom. The van der Waals surface area contributed by atoms with Gasteiger partial charge in [-0.3, -0.25) is 0 Å². The molecule has 0 spiro atoms. The summed E-state index contributed by atoms with van der Waals surface area (Å²) in [6.07, 6.45) is 2.26. The molecule has 1 aromatic carbocycles. The van der Waals surface area contributed by atoms with Gasteiger partial charge in [0.2, 0.25) is 0 Å². The SMILES string of the molecule is CCC(C)N(C)CCc1c(C)sc2ccc(N(C(N)=S)C(C)C)cc12. The number of benzene rings is 1. The van der Waals surface area contributed by atoms with Crippen molar-refractivity contribution in [3.8, 4) is 0 Å². The Labute approximate surface area is 161 Å². The number of hydrogen-bond acceptors (Lipinski definition) is 3. The summed E-state index contributed by atoms with van der Waals surface area (Å²) in [5.74, 6) is 0. The van der Waals surface area contributed by atoms with E-state index in [1.54, 1.807) is 0 Å². The Balaban J connectivity index is 2.36. The van der Waals surface area contributed by atoms with Crippen LogP contribution in [-0.4, -0.2) is 35.7 Å². The molecule has 2 N–H and O–H groups in total. The fourth-order valence-electron chi connectivity index (χ4n) is 3.22. The minimum Gasteiger partial charge on any atom is -0.376 e. The minimum atomic E-state index is 0.245. The summed E-state index contributed by atoms with van der Waals surface area (Å²) < 4.78 is 1.34. The van der Waals surface area contributed by atoms with Crippen molar-refractivity contribution < 1.29 is 0 Å². The quantitative estimate of drug-likeness (QED) is 0.693. The van der Waals surface area contributed by atoms with Gasteiger partial charge in [-0.15, -0.1) is 11.3 Å². The summed E-state index contributed by atoms with van der Waals surface area (Å²) in [6.45, 7) is 12.1. The molecule has 2 rings (SSSR count). The van der Waals surface area contributed by atoms with Crippen LogP contribution in [0.4, 0.5) is 5.69 Å². The van der Waals surface area contributed by atoms with Gasteiger partial charge in [-0.25, -0.2) is 0 Å². The standard InChI is InChI=1S/C20H31N3S2/c1-7-14(4)22(6)11-10-17-15(5)25-19-9-8-16(12-18(17)19)23(13(2)3)20(21)24/h8-9,12-14H,7,10-11H2,1-6H3,(H2,21,24). The van der Waals surface area contributed by atoms with Crippen molar-refractivity contribution in [1.82, 2.24) is 4.90 Å². The second-order valence-corrected chi connectivity index (χ2v) is 8.78. The lowest BCUT2D eigenvalue weighted by Gasteiger charge is -2.27. The highest BCUT2D eigenvalue weighted by Crippen LogP contribution is 2.34. The molecule has 0 amide bonds. The van der Waals surface area contributed by atoms with Gasteiger partial charge >= 0.3 is 0 Å². The number of rotatable bonds is 7. The number of likely N-dealkylation sites (N-methyl/N-ethyl adjacent to an activating group) is 1. The van der Waals surface area contributed by atoms with Crippen LogP contribution < -0.4 is 10.6 Å². The third-order valence-corrected chi connectivity index (χ3v) is 6.39. The molecule has 1 atom stereocenters. The molecule has 0 aliphatic rings. The van der Waals surface area contributed by atoms with E-state index in [2.05, 4.69) is 64.8 Å². The molecule has 0 fully saturated rings. The summed E-state index contributed by atoms with van der Waals surface area (Å²) in [4.78, 5) is 5.88. The molecule has 0 aliphatic carbocycles. The molecule has 5 heteroatoms. The first kappa shape index (κ1) is 20.1. The van der Waals surface area contributed by atoms with E-state index >= 15 is 0 Å². The average Bonchev–Trinajstić information content (AvgIpc) is 2.86. The molecule has 1 unspecified atom stereocenters. The van der Waals surface area contributed by atoms with Crippen molar-refractivity contribution >= 4 is 44.4 Å². The number of nitrogens with zero attached hydrogens (tertiary/aromatic N) is 2. The summed E-state index contributed by atoms with van der Waals surface area (Å²) in [5, 5.41) is 1.78. The van der Waals surface area contributed by atoms with Gasteiger partial charge in [0.1, 0.15) is 0 Å². The Bertz CT molecular complexity index is 736. The molecule has 3 nitrogen and oxygen atoms in total. The summed E-state index contributed by atoms with van der Waals surface area (Å²) in [5.41, 5.74) is 8.51. The first-order valence-electron chi connectivity index (χ1n) is 9.07. The minimum absolute atomic E-state index is 0.245. The number of anilines is 1. The van der Waals surface area contributed by atoms with Crippen LogP contribution in [0.25, 0.3) is 10.1 Å². The topological polar surface area (TPSA) is 32.5 Å². The molecular weight excluding hydrogens is 346 g/mol. The van der Waals surface area contributed by atoms with Crippen molar-refractivity contribution in [2.45, 2.75) is 59.5 Å². The van der Waals surface area contributed by atoms with Crippen LogP contribution in [0.2, 0.25) is 0 Å². The predicted molar refractivity (Wildman–Crippen MR) is 117 cm³/mol. The van der Waals surface area contributed by atoms with Gasteiger partial charge in [-0.05, 0) is 89.0 Å². The third-order valence-electron chi connectivity index (χ3n) is 5.07. The molecule has 0 aliphatic heterocycles. The van der Waals surface area contributed by atoms with E-state index in [0.29, 0.717) is 11.2 Å². The molecular formula is C20H31N3S2. The van der Waals surface area contributed by atoms with Crippen LogP contribution >= 0.6 is 23.6 Å². The largest absolute Gasteiger partial charge is 0.376 e. The summed E-state index contributed by atoms with van der Waals surface area (Å²) in [7, 11) is 2.22. The second kappa shape index (κ2) is 8.47. The number of thiophene rings is 1. The van der Waals surface area contributed by atoms with E-state index < -0.39 is 0 Å². The highest BCUT2D eigenvalue weighted by molar-refractivity contribution is 7.80. The number of aryl methyl sites for hydroxylation is 1. The van der Waals surface area contributed by atoms with E-state index in [4.69, 9.17) is 18.0 Å². The van der Waals surface area contributed by atoms with Crippen LogP contribution in [-0.2, 0) is 6.42 Å². The Morgan fingerprint density at radius 2 is 1.96 bits per heavy atom. The Hall–Kier alpha value is -1.17. The van der Waals surface area contributed by atoms with Crippen molar-refractivity contribution in [3.05, 3.63) is 28.6 Å². The monoisotopic (exact) mass is 377 g/mol. The maximum atomic E-state index is 5.96. The van der Waals surface area contributed by atoms with Gasteiger partial charge in [-0.1, -0.05) is 6.92 Å². The normalized spacial score (nSPS) is 13.0. The van der Waals surface area contributed by atoms with E-state index in [0.717, 1.165) is 18.7 Å². The van der Waals surface area contributed by atoms with Gasteiger partial charge in [-0.2, -0.15) is 0 Å². The van der Waals surface area contributed by atoms with Crippen molar-refractivity contribution in [1.29, 1.82) is 0 Å². The third kappa shape index (κ3) is 4.52. The van der Waals surface area contributed by atoms with Crippen molar-refractivity contribution in [2.24, 2.45) is 5.73 Å². The zero-order valence-corrected chi connectivity index (χ0v) is 17.9. The van der Waals surface area contributed by atoms with Crippen LogP contribution in [0.5, 0.6) is 0 Å². The first-order valence-corrected chi connectivity index (χ1v) is 10.3. The molecule has 0 saturated heterocycles. The Kier molecular flexibility index (Phi) is 6.83. The average molecular weight is 378 g/mol. The zero-order chi connectivity index (χ0) is 18.7. The van der Waals surface area contributed by atoms with Gasteiger partial charge in [0.25, 0.3) is 0 Å². The van der Waals surface area contributed by atoms with Crippen molar-refractivity contribution in [3.63, 3.8) is 0 Å². The molecule has 2 aromatic rings. The van der Waals surface area contributed by atoms with Gasteiger partial charge in [0.15, 0.2) is 5.11 Å². The van der Waals surface area contributed by atoms with E-state index in [9.17, 15) is 0 Å². The number of hydrogen-bond donors (Lipinski definition) is 1. The number of nitrogens with two attached hydrogens (primary N) is 1. The lowest BCUT2D eigenvalue weighted by molar-refractivity contribution is 0.255. The maximum Gasteiger partial charge on any atom is 0.171 e. The zero-order valence-electron chi connectivity index (χ0n) is 16.3. The van der Waals surface area contributed by atoms with Crippen LogP contribution in [0, 0.1) is 6.92 Å². The lowest BCUT2D eigenvalue weighted by Crippen LogP contribution is -2.40. The predicted octanol–water partition coefficient (Wildman–Crippen LogP) is 4.94. The van der Waals surface area contributed by atoms with Crippen LogP contribution in [0.15, 0.2) is 18.2 Å². The summed E-state index contributed by atoms with van der Waals surface area (Å²) >= 11 is 7.14. The molecule has 138 valence electrons. The van der Waals surface area contributed by atoms with E-state index in [1.165, 1.54) is 26.9 Å². The highest BCUT2D eigenvalue weighted by Gasteiger charge is 2.17. The fourth-order valence-corrected chi connectivity index (χ4v) is 4.63. The smallest absolute Gasteiger partial charge is 0.171 e. The second-order valence-electron chi connectivity index (χ2n) is 7.11. The number of thiocarbonyl (C=S) groups is 1. The molecule has 1 aromatic heterocycles.